The molecule has 1 N–H and O–H groups in total. The molecule has 0 saturated heterocycles. The molecule has 1 aliphatic carbocycles. The van der Waals surface area contributed by atoms with Gasteiger partial charge in [0.05, 0.1) is 6.20 Å². The standard InChI is InChI=1S/C21H22N4O/c1-15(16-7-3-2-4-8-16)24-21(26)18-10-5-9-17(13-18)19-14-23-25-12-6-11-22-20(19)25/h5-7,9-15H,2-4,8H2,1H3,(H,24,26)/t15-/m1/s1. The van der Waals surface area contributed by atoms with Gasteiger partial charge in [0.15, 0.2) is 5.65 Å². The van der Waals surface area contributed by atoms with E-state index in [-0.39, 0.29) is 11.9 Å². The summed E-state index contributed by atoms with van der Waals surface area (Å²) in [6.07, 6.45) is 12.3. The first kappa shape index (κ1) is 16.5. The van der Waals surface area contributed by atoms with Gasteiger partial charge in [-0.1, -0.05) is 23.8 Å². The van der Waals surface area contributed by atoms with E-state index in [0.717, 1.165) is 29.6 Å². The number of aromatic nitrogens is 3. The zero-order valence-electron chi connectivity index (χ0n) is 14.9. The summed E-state index contributed by atoms with van der Waals surface area (Å²) < 4.78 is 1.74. The molecule has 1 aromatic carbocycles. The Labute approximate surface area is 152 Å². The van der Waals surface area contributed by atoms with E-state index >= 15 is 0 Å². The van der Waals surface area contributed by atoms with Crippen LogP contribution in [0.25, 0.3) is 16.8 Å². The van der Waals surface area contributed by atoms with Gasteiger partial charge in [-0.3, -0.25) is 4.79 Å². The van der Waals surface area contributed by atoms with Gasteiger partial charge in [-0.15, -0.1) is 0 Å². The van der Waals surface area contributed by atoms with Crippen molar-refractivity contribution in [2.75, 3.05) is 0 Å². The number of hydrogen-bond acceptors (Lipinski definition) is 3. The van der Waals surface area contributed by atoms with E-state index in [1.165, 1.54) is 18.4 Å². The van der Waals surface area contributed by atoms with Crippen molar-refractivity contribution in [1.82, 2.24) is 19.9 Å². The fourth-order valence-electron chi connectivity index (χ4n) is 3.49. The van der Waals surface area contributed by atoms with Crippen LogP contribution in [0.15, 0.2) is 60.6 Å². The van der Waals surface area contributed by atoms with Gasteiger partial charge < -0.3 is 5.32 Å². The predicted octanol–water partition coefficient (Wildman–Crippen LogP) is 4.02. The minimum atomic E-state index is -0.0461. The van der Waals surface area contributed by atoms with Gasteiger partial charge in [0.1, 0.15) is 0 Å². The molecule has 2 heterocycles. The van der Waals surface area contributed by atoms with Crippen LogP contribution in [0.3, 0.4) is 0 Å². The fourth-order valence-corrected chi connectivity index (χ4v) is 3.49. The summed E-state index contributed by atoms with van der Waals surface area (Å²) in [4.78, 5) is 17.1. The van der Waals surface area contributed by atoms with Crippen molar-refractivity contribution in [3.63, 3.8) is 0 Å². The first-order valence-electron chi connectivity index (χ1n) is 9.11. The number of benzene rings is 1. The van der Waals surface area contributed by atoms with Gasteiger partial charge in [0.2, 0.25) is 0 Å². The Morgan fingerprint density at radius 3 is 3.04 bits per heavy atom. The van der Waals surface area contributed by atoms with E-state index in [1.807, 2.05) is 36.5 Å². The quantitative estimate of drug-likeness (QED) is 0.726. The zero-order chi connectivity index (χ0) is 17.9. The van der Waals surface area contributed by atoms with Crippen molar-refractivity contribution in [2.45, 2.75) is 38.6 Å². The number of hydrogen-bond donors (Lipinski definition) is 1. The van der Waals surface area contributed by atoms with Crippen LogP contribution in [0.2, 0.25) is 0 Å². The van der Waals surface area contributed by atoms with Crippen molar-refractivity contribution < 1.29 is 4.79 Å². The molecule has 1 atom stereocenters. The molecule has 132 valence electrons. The largest absolute Gasteiger partial charge is 0.346 e. The first-order valence-corrected chi connectivity index (χ1v) is 9.11. The van der Waals surface area contributed by atoms with E-state index in [0.29, 0.717) is 5.56 Å². The lowest BCUT2D eigenvalue weighted by Crippen LogP contribution is -2.34. The lowest BCUT2D eigenvalue weighted by atomic mass is 9.94. The monoisotopic (exact) mass is 346 g/mol. The molecule has 3 aromatic rings. The Kier molecular flexibility index (Phi) is 4.52. The minimum absolute atomic E-state index is 0.0461. The first-order chi connectivity index (χ1) is 12.7. The maximum atomic E-state index is 12.7. The smallest absolute Gasteiger partial charge is 0.251 e. The lowest BCUT2D eigenvalue weighted by molar-refractivity contribution is 0.0944. The van der Waals surface area contributed by atoms with Crippen molar-refractivity contribution in [3.05, 3.63) is 66.1 Å². The summed E-state index contributed by atoms with van der Waals surface area (Å²) in [5.41, 5.74) is 4.64. The second-order valence-corrected chi connectivity index (χ2v) is 6.75. The second kappa shape index (κ2) is 7.12. The molecule has 5 nitrogen and oxygen atoms in total. The van der Waals surface area contributed by atoms with Gasteiger partial charge in [-0.25, -0.2) is 9.50 Å². The maximum Gasteiger partial charge on any atom is 0.251 e. The molecule has 0 unspecified atom stereocenters. The molecule has 0 saturated carbocycles. The van der Waals surface area contributed by atoms with Crippen molar-refractivity contribution in [1.29, 1.82) is 0 Å². The number of rotatable bonds is 4. The van der Waals surface area contributed by atoms with Gasteiger partial charge in [0, 0.05) is 29.6 Å². The molecule has 0 radical (unpaired) electrons. The molecular formula is C21H22N4O. The van der Waals surface area contributed by atoms with Gasteiger partial charge >= 0.3 is 0 Å². The Morgan fingerprint density at radius 1 is 1.27 bits per heavy atom. The zero-order valence-corrected chi connectivity index (χ0v) is 14.9. The molecule has 1 amide bonds. The third-order valence-electron chi connectivity index (χ3n) is 4.94. The van der Waals surface area contributed by atoms with Crippen LogP contribution in [0, 0.1) is 0 Å². The number of carbonyl (C=O) groups is 1. The number of amides is 1. The molecule has 0 spiro atoms. The molecular weight excluding hydrogens is 324 g/mol. The normalized spacial score (nSPS) is 15.5. The van der Waals surface area contributed by atoms with Gasteiger partial charge in [-0.05, 0) is 56.4 Å². The van der Waals surface area contributed by atoms with Crippen LogP contribution in [0.5, 0.6) is 0 Å². The Bertz CT molecular complexity index is 973. The SMILES string of the molecule is C[C@@H](NC(=O)c1cccc(-c2cnn3cccnc23)c1)C1=CCCCC1. The molecule has 0 bridgehead atoms. The molecule has 4 rings (SSSR count). The fraction of sp³-hybridized carbons (Fsp3) is 0.286. The molecule has 0 fully saturated rings. The Hall–Kier alpha value is -2.95. The highest BCUT2D eigenvalue weighted by atomic mass is 16.1. The summed E-state index contributed by atoms with van der Waals surface area (Å²) >= 11 is 0. The number of fused-ring (bicyclic) bond motifs is 1. The van der Waals surface area contributed by atoms with Crippen LogP contribution in [-0.2, 0) is 0 Å². The number of carbonyl (C=O) groups excluding carboxylic acids is 1. The molecule has 2 aromatic heterocycles. The predicted molar refractivity (Wildman–Crippen MR) is 102 cm³/mol. The van der Waals surface area contributed by atoms with E-state index in [1.54, 1.807) is 16.9 Å². The number of nitrogens with zero attached hydrogens (tertiary/aromatic N) is 3. The average molecular weight is 346 g/mol. The summed E-state index contributed by atoms with van der Waals surface area (Å²) in [6.45, 7) is 2.06. The maximum absolute atomic E-state index is 12.7. The van der Waals surface area contributed by atoms with Crippen LogP contribution in [0.1, 0.15) is 43.0 Å². The summed E-state index contributed by atoms with van der Waals surface area (Å²) in [5.74, 6) is -0.0461. The van der Waals surface area contributed by atoms with Crippen molar-refractivity contribution in [2.24, 2.45) is 0 Å². The summed E-state index contributed by atoms with van der Waals surface area (Å²) in [5, 5.41) is 7.46. The van der Waals surface area contributed by atoms with Crippen molar-refractivity contribution in [3.8, 4) is 11.1 Å². The Morgan fingerprint density at radius 2 is 2.19 bits per heavy atom. The van der Waals surface area contributed by atoms with E-state index < -0.39 is 0 Å². The molecule has 0 aliphatic heterocycles. The second-order valence-electron chi connectivity index (χ2n) is 6.75. The Balaban J connectivity index is 1.57. The molecule has 5 heteroatoms. The topological polar surface area (TPSA) is 59.3 Å². The molecule has 1 aliphatic rings. The van der Waals surface area contributed by atoms with Crippen LogP contribution in [-0.4, -0.2) is 26.5 Å². The number of allylic oxidation sites excluding steroid dienone is 1. The van der Waals surface area contributed by atoms with Crippen LogP contribution < -0.4 is 5.32 Å². The van der Waals surface area contributed by atoms with Gasteiger partial charge in [-0.2, -0.15) is 5.10 Å². The summed E-state index contributed by atoms with van der Waals surface area (Å²) in [7, 11) is 0. The van der Waals surface area contributed by atoms with Crippen LogP contribution >= 0.6 is 0 Å². The third kappa shape index (κ3) is 3.25. The molecule has 26 heavy (non-hydrogen) atoms. The van der Waals surface area contributed by atoms with E-state index in [9.17, 15) is 4.79 Å². The van der Waals surface area contributed by atoms with E-state index in [2.05, 4.69) is 28.4 Å². The third-order valence-corrected chi connectivity index (χ3v) is 4.94. The highest BCUT2D eigenvalue weighted by molar-refractivity contribution is 5.96. The highest BCUT2D eigenvalue weighted by Crippen LogP contribution is 2.24. The van der Waals surface area contributed by atoms with Gasteiger partial charge in [0.25, 0.3) is 5.91 Å². The van der Waals surface area contributed by atoms with Crippen molar-refractivity contribution >= 4 is 11.6 Å². The average Bonchev–Trinajstić information content (AvgIpc) is 3.13. The van der Waals surface area contributed by atoms with E-state index in [4.69, 9.17) is 0 Å². The number of nitrogens with one attached hydrogen (secondary N) is 1. The minimum Gasteiger partial charge on any atom is -0.346 e. The highest BCUT2D eigenvalue weighted by Gasteiger charge is 2.16. The van der Waals surface area contributed by atoms with Crippen LogP contribution in [0.4, 0.5) is 0 Å². The summed E-state index contributed by atoms with van der Waals surface area (Å²) in [6, 6.07) is 9.56. The lowest BCUT2D eigenvalue weighted by Gasteiger charge is -2.21.